The Labute approximate surface area is 89.5 Å². The quantitative estimate of drug-likeness (QED) is 0.351. The number of hydrogen-bond acceptors (Lipinski definition) is 2. The van der Waals surface area contributed by atoms with Gasteiger partial charge in [0.2, 0.25) is 0 Å². The van der Waals surface area contributed by atoms with Crippen molar-refractivity contribution < 1.29 is 51.4 Å². The normalized spacial score (nSPS) is 6.88. The van der Waals surface area contributed by atoms with Gasteiger partial charge < -0.3 is 10.2 Å². The van der Waals surface area contributed by atoms with Gasteiger partial charge in [-0.1, -0.05) is 0 Å². The van der Waals surface area contributed by atoms with Gasteiger partial charge in [0, 0.05) is 0 Å². The largest absolute Gasteiger partial charge is 1.00 e. The average Bonchev–Trinajstić information content (AvgIpc) is 2.14. The van der Waals surface area contributed by atoms with Crippen molar-refractivity contribution in [1.29, 1.82) is 5.26 Å². The van der Waals surface area contributed by atoms with Crippen molar-refractivity contribution >= 4 is 0 Å². The minimum Gasteiger partial charge on any atom is -0.581 e. The molecule has 1 aromatic heterocycles. The molecule has 34 valence electrons. The molecule has 0 aliphatic rings. The third-order valence-corrected chi connectivity index (χ3v) is 0.579. The maximum Gasteiger partial charge on any atom is 1.00 e. The van der Waals surface area contributed by atoms with Gasteiger partial charge in [-0.2, -0.15) is 11.5 Å². The van der Waals surface area contributed by atoms with Gasteiger partial charge in [-0.3, -0.25) is 0 Å². The van der Waals surface area contributed by atoms with Gasteiger partial charge in [0.1, 0.15) is 11.8 Å². The summed E-state index contributed by atoms with van der Waals surface area (Å²) < 4.78 is 0. The van der Waals surface area contributed by atoms with Crippen LogP contribution in [0.15, 0.2) is 12.3 Å². The zero-order chi connectivity index (χ0) is 5.11. The van der Waals surface area contributed by atoms with Crippen molar-refractivity contribution in [3.8, 4) is 6.07 Å². The molecule has 0 radical (unpaired) electrons. The molecule has 0 unspecified atom stereocenters. The molecule has 0 aliphatic heterocycles. The fourth-order valence-electron chi connectivity index (χ4n) is 0.292. The van der Waals surface area contributed by atoms with Crippen LogP contribution in [0.4, 0.5) is 0 Å². The summed E-state index contributed by atoms with van der Waals surface area (Å²) in [6, 6.07) is 3.39. The Bertz CT molecular complexity index is 174. The van der Waals surface area contributed by atoms with Crippen LogP contribution in [0, 0.1) is 11.3 Å². The van der Waals surface area contributed by atoms with Crippen LogP contribution in [-0.4, -0.2) is 5.10 Å². The molecule has 0 atom stereocenters. The summed E-state index contributed by atoms with van der Waals surface area (Å²) in [5.74, 6) is 0. The van der Waals surface area contributed by atoms with E-state index in [-0.39, 0.29) is 51.4 Å². The summed E-state index contributed by atoms with van der Waals surface area (Å²) in [7, 11) is 0. The van der Waals surface area contributed by atoms with Gasteiger partial charge in [0.25, 0.3) is 0 Å². The van der Waals surface area contributed by atoms with Crippen LogP contribution in [-0.2, 0) is 0 Å². The molecule has 0 fully saturated rings. The van der Waals surface area contributed by atoms with Crippen LogP contribution >= 0.6 is 0 Å². The minimum absolute atomic E-state index is 0. The molecule has 4 heteroatoms. The second-order valence-electron chi connectivity index (χ2n) is 1.03. The van der Waals surface area contributed by atoms with Gasteiger partial charge >= 0.3 is 51.4 Å². The van der Waals surface area contributed by atoms with Crippen LogP contribution in [0.5, 0.6) is 0 Å². The van der Waals surface area contributed by atoms with Crippen molar-refractivity contribution in [1.82, 2.24) is 10.2 Å². The second kappa shape index (κ2) is 4.24. The van der Waals surface area contributed by atoms with Gasteiger partial charge in [-0.05, 0) is 6.07 Å². The van der Waals surface area contributed by atoms with Crippen molar-refractivity contribution in [3.05, 3.63) is 18.0 Å². The molecular weight excluding hydrogens is 129 g/mol. The summed E-state index contributed by atoms with van der Waals surface area (Å²) in [6.45, 7) is 0. The van der Waals surface area contributed by atoms with E-state index in [2.05, 4.69) is 10.2 Å². The number of rotatable bonds is 0. The summed E-state index contributed by atoms with van der Waals surface area (Å²) in [4.78, 5) is 0. The number of aromatic nitrogens is 2. The van der Waals surface area contributed by atoms with E-state index >= 15 is 0 Å². The first kappa shape index (κ1) is 8.34. The van der Waals surface area contributed by atoms with Crippen molar-refractivity contribution in [2.24, 2.45) is 0 Å². The number of hydrogen-bond donors (Lipinski definition) is 0. The van der Waals surface area contributed by atoms with Crippen LogP contribution in [0.3, 0.4) is 0 Å². The minimum atomic E-state index is 0. The molecule has 1 rings (SSSR count). The molecule has 1 heterocycles. The molecule has 0 saturated heterocycles. The Kier molecular flexibility index (Phi) is 4.42. The van der Waals surface area contributed by atoms with Crippen LogP contribution in [0.1, 0.15) is 5.69 Å². The first-order valence-electron chi connectivity index (χ1n) is 1.78. The molecule has 0 aliphatic carbocycles. The first-order chi connectivity index (χ1) is 3.43. The Morgan fingerprint density at radius 3 is 2.75 bits per heavy atom. The van der Waals surface area contributed by atoms with Gasteiger partial charge in [0.05, 0.1) is 0 Å². The Hall–Kier alpha value is 0.336. The molecule has 0 spiro atoms. The van der Waals surface area contributed by atoms with Crippen LogP contribution in [0.25, 0.3) is 0 Å². The molecule has 8 heavy (non-hydrogen) atoms. The van der Waals surface area contributed by atoms with E-state index in [9.17, 15) is 0 Å². The smallest absolute Gasteiger partial charge is 0.581 e. The van der Waals surface area contributed by atoms with Crippen LogP contribution in [0.2, 0.25) is 0 Å². The Balaban J connectivity index is 0.000000490. The fourth-order valence-corrected chi connectivity index (χ4v) is 0.292. The predicted molar refractivity (Wildman–Crippen MR) is 22.3 cm³/mol. The third-order valence-electron chi connectivity index (χ3n) is 0.579. The number of nitrogens with zero attached hydrogens (tertiary/aromatic N) is 3. The van der Waals surface area contributed by atoms with Gasteiger partial charge in [-0.15, -0.1) is 0 Å². The van der Waals surface area contributed by atoms with E-state index in [1.165, 1.54) is 6.20 Å². The van der Waals surface area contributed by atoms with Crippen LogP contribution < -0.4 is 56.5 Å². The second-order valence-corrected chi connectivity index (χ2v) is 1.03. The van der Waals surface area contributed by atoms with E-state index in [0.29, 0.717) is 5.69 Å². The maximum absolute atomic E-state index is 8.07. The SMILES string of the molecule is N#Cc1cc[n-]n1.[K+]. The zero-order valence-electron chi connectivity index (χ0n) is 4.50. The predicted octanol–water partition coefficient (Wildman–Crippen LogP) is -3.09. The number of nitriles is 1. The summed E-state index contributed by atoms with van der Waals surface area (Å²) in [5.41, 5.74) is 0.375. The summed E-state index contributed by atoms with van der Waals surface area (Å²) >= 11 is 0. The molecule has 0 bridgehead atoms. The van der Waals surface area contributed by atoms with E-state index in [1.54, 1.807) is 6.07 Å². The van der Waals surface area contributed by atoms with E-state index in [0.717, 1.165) is 0 Å². The van der Waals surface area contributed by atoms with E-state index in [4.69, 9.17) is 5.26 Å². The molecule has 0 N–H and O–H groups in total. The molecule has 0 saturated carbocycles. The average molecular weight is 131 g/mol. The zero-order valence-corrected chi connectivity index (χ0v) is 7.62. The van der Waals surface area contributed by atoms with Crippen molar-refractivity contribution in [2.75, 3.05) is 0 Å². The Morgan fingerprint density at radius 1 is 1.75 bits per heavy atom. The van der Waals surface area contributed by atoms with Gasteiger partial charge in [0.15, 0.2) is 0 Å². The monoisotopic (exact) mass is 131 g/mol. The van der Waals surface area contributed by atoms with Gasteiger partial charge in [-0.25, -0.2) is 0 Å². The summed E-state index contributed by atoms with van der Waals surface area (Å²) in [6.07, 6.45) is 1.48. The molecule has 3 nitrogen and oxygen atoms in total. The van der Waals surface area contributed by atoms with E-state index < -0.39 is 0 Å². The van der Waals surface area contributed by atoms with Crippen molar-refractivity contribution in [3.63, 3.8) is 0 Å². The standard InChI is InChI=1S/C4H2N3.K/c5-3-4-1-2-6-7-4;/h1-2H;/q-1;+1. The van der Waals surface area contributed by atoms with E-state index in [1.807, 2.05) is 6.07 Å². The third kappa shape index (κ3) is 2.07. The topological polar surface area (TPSA) is 50.8 Å². The molecule has 0 amide bonds. The molecule has 0 aromatic carbocycles. The molecule has 1 aromatic rings. The first-order valence-corrected chi connectivity index (χ1v) is 1.78. The fraction of sp³-hybridized carbons (Fsp3) is 0. The Morgan fingerprint density at radius 2 is 2.50 bits per heavy atom. The van der Waals surface area contributed by atoms with Crippen molar-refractivity contribution in [2.45, 2.75) is 0 Å². The molecular formula is C4H2KN3. The maximum atomic E-state index is 8.07. The summed E-state index contributed by atoms with van der Waals surface area (Å²) in [5, 5.41) is 14.9.